The molecule has 54 valence electrons. The summed E-state index contributed by atoms with van der Waals surface area (Å²) in [7, 11) is 0. The highest BCUT2D eigenvalue weighted by Gasteiger charge is 2.23. The van der Waals surface area contributed by atoms with Crippen LogP contribution in [0.4, 0.5) is 4.39 Å². The van der Waals surface area contributed by atoms with Gasteiger partial charge in [0, 0.05) is 11.8 Å². The second kappa shape index (κ2) is 3.34. The van der Waals surface area contributed by atoms with Crippen molar-refractivity contribution in [3.63, 3.8) is 0 Å². The third kappa shape index (κ3) is 2.36. The number of nitro groups is 1. The molecule has 2 unspecified atom stereocenters. The monoisotopic (exact) mass is 137 g/mol. The number of alkyl halides is 1. The Morgan fingerprint density at radius 2 is 2.33 bits per heavy atom. The topological polar surface area (TPSA) is 63.4 Å². The molecule has 0 spiro atoms. The predicted octanol–water partition coefficient (Wildman–Crippen LogP) is -0.0180. The van der Waals surface area contributed by atoms with Gasteiger partial charge in [-0.25, -0.2) is 4.39 Å². The van der Waals surface area contributed by atoms with E-state index in [1.54, 1.807) is 0 Å². The molecule has 0 aliphatic carbocycles. The first kappa shape index (κ1) is 8.29. The van der Waals surface area contributed by atoms with Crippen LogP contribution in [0.2, 0.25) is 0 Å². The quantitative estimate of drug-likeness (QED) is 0.439. The van der Waals surface area contributed by atoms with Gasteiger partial charge in [-0.15, -0.1) is 0 Å². The van der Waals surface area contributed by atoms with Crippen LogP contribution in [0.1, 0.15) is 6.92 Å². The van der Waals surface area contributed by atoms with Gasteiger partial charge < -0.3 is 5.11 Å². The molecule has 0 bridgehead atoms. The molecule has 0 amide bonds. The molecular weight excluding hydrogens is 129 g/mol. The highest BCUT2D eigenvalue weighted by atomic mass is 19.1. The van der Waals surface area contributed by atoms with Crippen molar-refractivity contribution in [2.75, 3.05) is 6.67 Å². The van der Waals surface area contributed by atoms with E-state index in [1.807, 2.05) is 0 Å². The molecule has 0 saturated heterocycles. The summed E-state index contributed by atoms with van der Waals surface area (Å²) in [5.74, 6) is 0. The van der Waals surface area contributed by atoms with Crippen molar-refractivity contribution in [1.82, 2.24) is 0 Å². The molecule has 0 aliphatic heterocycles. The van der Waals surface area contributed by atoms with Crippen LogP contribution in [0.15, 0.2) is 0 Å². The number of rotatable bonds is 3. The highest BCUT2D eigenvalue weighted by molar-refractivity contribution is 4.59. The van der Waals surface area contributed by atoms with Crippen molar-refractivity contribution < 1.29 is 14.4 Å². The maximum atomic E-state index is 11.4. The summed E-state index contributed by atoms with van der Waals surface area (Å²) in [5, 5.41) is 18.3. The summed E-state index contributed by atoms with van der Waals surface area (Å²) in [4.78, 5) is 9.06. The molecule has 0 fully saturated rings. The Morgan fingerprint density at radius 3 is 2.44 bits per heavy atom. The van der Waals surface area contributed by atoms with Gasteiger partial charge in [0.1, 0.15) is 12.8 Å². The van der Waals surface area contributed by atoms with E-state index in [1.165, 1.54) is 0 Å². The van der Waals surface area contributed by atoms with Gasteiger partial charge in [-0.1, -0.05) is 0 Å². The van der Waals surface area contributed by atoms with Crippen LogP contribution in [0.5, 0.6) is 0 Å². The third-order valence-corrected chi connectivity index (χ3v) is 1.05. The molecule has 5 heteroatoms. The highest BCUT2D eigenvalue weighted by Crippen LogP contribution is 1.96. The Morgan fingerprint density at radius 1 is 1.89 bits per heavy atom. The Labute approximate surface area is 51.4 Å². The molecule has 0 aliphatic rings. The molecule has 0 aromatic rings. The maximum absolute atomic E-state index is 11.4. The van der Waals surface area contributed by atoms with E-state index in [0.717, 1.165) is 6.92 Å². The van der Waals surface area contributed by atoms with Gasteiger partial charge in [-0.3, -0.25) is 10.1 Å². The van der Waals surface area contributed by atoms with Gasteiger partial charge in [0.25, 0.3) is 0 Å². The summed E-state index contributed by atoms with van der Waals surface area (Å²) in [6, 6.07) is -1.21. The minimum absolute atomic E-state index is 0.718. The molecular formula is C4H8FNO3. The smallest absolute Gasteiger partial charge is 0.238 e. The SMILES string of the molecule is CC(C(O)CF)[N+](=O)[O-]. The van der Waals surface area contributed by atoms with Crippen molar-refractivity contribution in [3.8, 4) is 0 Å². The van der Waals surface area contributed by atoms with Crippen LogP contribution in [-0.2, 0) is 0 Å². The zero-order chi connectivity index (χ0) is 7.44. The summed E-state index contributed by atoms with van der Waals surface area (Å²) >= 11 is 0. The average Bonchev–Trinajstić information content (AvgIpc) is 1.84. The molecule has 0 aromatic heterocycles. The standard InChI is InChI=1S/C4H8FNO3/c1-3(6(8)9)4(7)2-5/h3-4,7H,2H2,1H3. The van der Waals surface area contributed by atoms with Gasteiger partial charge in [0.15, 0.2) is 0 Å². The van der Waals surface area contributed by atoms with Crippen LogP contribution in [0.3, 0.4) is 0 Å². The fourth-order valence-corrected chi connectivity index (χ4v) is 0.269. The largest absolute Gasteiger partial charge is 0.383 e. The third-order valence-electron chi connectivity index (χ3n) is 1.05. The molecule has 0 heterocycles. The van der Waals surface area contributed by atoms with E-state index in [2.05, 4.69) is 0 Å². The number of nitrogens with zero attached hydrogens (tertiary/aromatic N) is 1. The summed E-state index contributed by atoms with van der Waals surface area (Å²) in [6.45, 7) is 0.0897. The molecule has 9 heavy (non-hydrogen) atoms. The van der Waals surface area contributed by atoms with Crippen molar-refractivity contribution in [2.24, 2.45) is 0 Å². The van der Waals surface area contributed by atoms with Crippen molar-refractivity contribution in [1.29, 1.82) is 0 Å². The number of hydrogen-bond acceptors (Lipinski definition) is 3. The van der Waals surface area contributed by atoms with Crippen LogP contribution < -0.4 is 0 Å². The fourth-order valence-electron chi connectivity index (χ4n) is 0.269. The number of halogens is 1. The summed E-state index contributed by atoms with van der Waals surface area (Å²) in [6.07, 6.45) is -1.47. The molecule has 4 nitrogen and oxygen atoms in total. The lowest BCUT2D eigenvalue weighted by molar-refractivity contribution is -0.529. The number of aliphatic hydroxyl groups is 1. The van der Waals surface area contributed by atoms with Crippen LogP contribution in [0.25, 0.3) is 0 Å². The first-order chi connectivity index (χ1) is 4.09. The summed E-state index contributed by atoms with van der Waals surface area (Å²) < 4.78 is 11.4. The van der Waals surface area contributed by atoms with E-state index in [4.69, 9.17) is 5.11 Å². The normalized spacial score (nSPS) is 16.8. The van der Waals surface area contributed by atoms with Gasteiger partial charge in [-0.05, 0) is 0 Å². The first-order valence-corrected chi connectivity index (χ1v) is 2.47. The Balaban J connectivity index is 3.72. The van der Waals surface area contributed by atoms with Crippen LogP contribution in [0, 0.1) is 10.1 Å². The van der Waals surface area contributed by atoms with E-state index in [0.29, 0.717) is 0 Å². The van der Waals surface area contributed by atoms with E-state index >= 15 is 0 Å². The molecule has 0 aromatic carbocycles. The van der Waals surface area contributed by atoms with Crippen molar-refractivity contribution in [2.45, 2.75) is 19.1 Å². The lowest BCUT2D eigenvalue weighted by Gasteiger charge is -2.06. The van der Waals surface area contributed by atoms with Gasteiger partial charge in [0.05, 0.1) is 0 Å². The summed E-state index contributed by atoms with van der Waals surface area (Å²) in [5.41, 5.74) is 0. The number of hydrogen-bond donors (Lipinski definition) is 1. The van der Waals surface area contributed by atoms with E-state index < -0.39 is 23.7 Å². The maximum Gasteiger partial charge on any atom is 0.238 e. The molecule has 2 atom stereocenters. The molecule has 1 N–H and O–H groups in total. The van der Waals surface area contributed by atoms with E-state index in [9.17, 15) is 14.5 Å². The van der Waals surface area contributed by atoms with Gasteiger partial charge in [-0.2, -0.15) is 0 Å². The van der Waals surface area contributed by atoms with Crippen molar-refractivity contribution >= 4 is 0 Å². The minimum Gasteiger partial charge on any atom is -0.383 e. The van der Waals surface area contributed by atoms with Crippen molar-refractivity contribution in [3.05, 3.63) is 10.1 Å². The Kier molecular flexibility index (Phi) is 3.08. The zero-order valence-electron chi connectivity index (χ0n) is 4.95. The first-order valence-electron chi connectivity index (χ1n) is 2.47. The minimum atomic E-state index is -1.47. The van der Waals surface area contributed by atoms with Crippen LogP contribution in [-0.4, -0.2) is 28.9 Å². The molecule has 0 radical (unpaired) electrons. The lowest BCUT2D eigenvalue weighted by Crippen LogP contribution is -2.31. The predicted molar refractivity (Wildman–Crippen MR) is 28.4 cm³/mol. The molecule has 0 rings (SSSR count). The van der Waals surface area contributed by atoms with E-state index in [-0.39, 0.29) is 0 Å². The second-order valence-electron chi connectivity index (χ2n) is 1.75. The second-order valence-corrected chi connectivity index (χ2v) is 1.75. The number of aliphatic hydroxyl groups excluding tert-OH is 1. The van der Waals surface area contributed by atoms with Gasteiger partial charge >= 0.3 is 0 Å². The molecule has 0 saturated carbocycles. The van der Waals surface area contributed by atoms with Gasteiger partial charge in [0.2, 0.25) is 6.04 Å². The zero-order valence-corrected chi connectivity index (χ0v) is 4.95. The average molecular weight is 137 g/mol. The van der Waals surface area contributed by atoms with Crippen LogP contribution >= 0.6 is 0 Å². The fraction of sp³-hybridized carbons (Fsp3) is 1.00. The Bertz CT molecular complexity index is 108. The lowest BCUT2D eigenvalue weighted by atomic mass is 10.2. The Hall–Kier alpha value is -0.710.